The molecular weight excluding hydrogens is 260 g/mol. The average Bonchev–Trinajstić information content (AvgIpc) is 2.69. The predicted octanol–water partition coefficient (Wildman–Crippen LogP) is 3.70. The maximum absolute atomic E-state index is 13.2. The lowest BCUT2D eigenvalue weighted by atomic mass is 10.0. The van der Waals surface area contributed by atoms with Crippen LogP contribution in [0.2, 0.25) is 0 Å². The number of benzene rings is 1. The van der Waals surface area contributed by atoms with Crippen LogP contribution >= 0.6 is 0 Å². The minimum Gasteiger partial charge on any atom is -0.387 e. The van der Waals surface area contributed by atoms with E-state index in [1.165, 1.54) is 31.7 Å². The smallest absolute Gasteiger partial charge is 0.159 e. The molecule has 0 aromatic heterocycles. The molecule has 0 bridgehead atoms. The van der Waals surface area contributed by atoms with Gasteiger partial charge in [-0.2, -0.15) is 0 Å². The van der Waals surface area contributed by atoms with Crippen molar-refractivity contribution < 1.29 is 13.9 Å². The van der Waals surface area contributed by atoms with Gasteiger partial charge in [0.05, 0.1) is 6.10 Å². The molecule has 0 spiro atoms. The molecule has 1 aliphatic carbocycles. The van der Waals surface area contributed by atoms with Gasteiger partial charge < -0.3 is 10.4 Å². The van der Waals surface area contributed by atoms with Crippen molar-refractivity contribution in [1.29, 1.82) is 0 Å². The lowest BCUT2D eigenvalue weighted by Gasteiger charge is -2.26. The molecule has 0 amide bonds. The standard InChI is InChI=1S/C16H23F2NO/c1-11(19-13-6-4-2-3-5-7-13)16(20)12-8-9-14(17)15(18)10-12/h8-11,13,16,19-20H,2-7H2,1H3. The molecule has 1 saturated carbocycles. The van der Waals surface area contributed by atoms with Crippen LogP contribution < -0.4 is 5.32 Å². The van der Waals surface area contributed by atoms with Crippen molar-refractivity contribution in [2.75, 3.05) is 0 Å². The first-order chi connectivity index (χ1) is 9.58. The van der Waals surface area contributed by atoms with E-state index in [4.69, 9.17) is 0 Å². The zero-order valence-electron chi connectivity index (χ0n) is 11.9. The van der Waals surface area contributed by atoms with Gasteiger partial charge in [-0.1, -0.05) is 31.7 Å². The summed E-state index contributed by atoms with van der Waals surface area (Å²) in [7, 11) is 0. The van der Waals surface area contributed by atoms with E-state index < -0.39 is 17.7 Å². The fourth-order valence-corrected chi connectivity index (χ4v) is 2.89. The van der Waals surface area contributed by atoms with Crippen LogP contribution in [0.25, 0.3) is 0 Å². The fourth-order valence-electron chi connectivity index (χ4n) is 2.89. The van der Waals surface area contributed by atoms with Gasteiger partial charge >= 0.3 is 0 Å². The average molecular weight is 283 g/mol. The van der Waals surface area contributed by atoms with Crippen LogP contribution in [0.15, 0.2) is 18.2 Å². The van der Waals surface area contributed by atoms with Crippen molar-refractivity contribution in [3.63, 3.8) is 0 Å². The maximum atomic E-state index is 13.2. The van der Waals surface area contributed by atoms with Gasteiger partial charge in [0, 0.05) is 12.1 Å². The van der Waals surface area contributed by atoms with Crippen LogP contribution in [0.3, 0.4) is 0 Å². The molecule has 1 aromatic rings. The summed E-state index contributed by atoms with van der Waals surface area (Å²) >= 11 is 0. The lowest BCUT2D eigenvalue weighted by Crippen LogP contribution is -2.40. The Morgan fingerprint density at radius 3 is 2.35 bits per heavy atom. The topological polar surface area (TPSA) is 32.3 Å². The summed E-state index contributed by atoms with van der Waals surface area (Å²) in [6, 6.07) is 3.81. The van der Waals surface area contributed by atoms with Gasteiger partial charge in [0.1, 0.15) is 0 Å². The van der Waals surface area contributed by atoms with Crippen LogP contribution in [0.5, 0.6) is 0 Å². The summed E-state index contributed by atoms with van der Waals surface area (Å²) in [5.41, 5.74) is 0.414. The van der Waals surface area contributed by atoms with Gasteiger partial charge in [0.2, 0.25) is 0 Å². The third-order valence-electron chi connectivity index (χ3n) is 4.11. The van der Waals surface area contributed by atoms with E-state index in [0.29, 0.717) is 11.6 Å². The monoisotopic (exact) mass is 283 g/mol. The highest BCUT2D eigenvalue weighted by Crippen LogP contribution is 2.22. The molecule has 2 unspecified atom stereocenters. The second kappa shape index (κ2) is 7.14. The summed E-state index contributed by atoms with van der Waals surface area (Å²) in [6.45, 7) is 1.89. The Labute approximate surface area is 119 Å². The van der Waals surface area contributed by atoms with Gasteiger partial charge in [-0.15, -0.1) is 0 Å². The number of hydrogen-bond acceptors (Lipinski definition) is 2. The number of nitrogens with one attached hydrogen (secondary N) is 1. The Morgan fingerprint density at radius 2 is 1.75 bits per heavy atom. The number of halogens is 2. The summed E-state index contributed by atoms with van der Waals surface area (Å²) in [5.74, 6) is -1.80. The second-order valence-corrected chi connectivity index (χ2v) is 5.76. The molecule has 2 N–H and O–H groups in total. The zero-order chi connectivity index (χ0) is 14.5. The number of rotatable bonds is 4. The van der Waals surface area contributed by atoms with Gasteiger partial charge in [-0.05, 0) is 37.5 Å². The van der Waals surface area contributed by atoms with Crippen LogP contribution in [0.1, 0.15) is 57.1 Å². The Bertz CT molecular complexity index is 430. The summed E-state index contributed by atoms with van der Waals surface area (Å²) in [6.07, 6.45) is 6.39. The summed E-state index contributed by atoms with van der Waals surface area (Å²) < 4.78 is 26.1. The predicted molar refractivity (Wildman–Crippen MR) is 75.4 cm³/mol. The molecule has 20 heavy (non-hydrogen) atoms. The first-order valence-corrected chi connectivity index (χ1v) is 7.47. The van der Waals surface area contributed by atoms with Gasteiger partial charge in [-0.3, -0.25) is 0 Å². The van der Waals surface area contributed by atoms with Crippen molar-refractivity contribution in [3.8, 4) is 0 Å². The molecule has 1 fully saturated rings. The molecule has 1 aliphatic rings. The third kappa shape index (κ3) is 4.00. The Kier molecular flexibility index (Phi) is 5.49. The molecule has 0 saturated heterocycles. The lowest BCUT2D eigenvalue weighted by molar-refractivity contribution is 0.127. The number of aliphatic hydroxyl groups is 1. The molecule has 0 heterocycles. The highest BCUT2D eigenvalue weighted by molar-refractivity contribution is 5.21. The summed E-state index contributed by atoms with van der Waals surface area (Å²) in [4.78, 5) is 0. The number of aliphatic hydroxyl groups excluding tert-OH is 1. The first-order valence-electron chi connectivity index (χ1n) is 7.47. The first kappa shape index (κ1) is 15.4. The van der Waals surface area contributed by atoms with E-state index in [2.05, 4.69) is 5.32 Å². The van der Waals surface area contributed by atoms with Crippen molar-refractivity contribution in [2.24, 2.45) is 0 Å². The van der Waals surface area contributed by atoms with Crippen molar-refractivity contribution in [3.05, 3.63) is 35.4 Å². The molecular formula is C16H23F2NO. The molecule has 2 atom stereocenters. The molecule has 0 radical (unpaired) electrons. The van der Waals surface area contributed by atoms with Gasteiger partial charge in [0.25, 0.3) is 0 Å². The van der Waals surface area contributed by atoms with Crippen LogP contribution in [-0.4, -0.2) is 17.2 Å². The summed E-state index contributed by atoms with van der Waals surface area (Å²) in [5, 5.41) is 13.7. The van der Waals surface area contributed by atoms with E-state index in [1.807, 2.05) is 6.92 Å². The Hall–Kier alpha value is -1.00. The highest BCUT2D eigenvalue weighted by atomic mass is 19.2. The third-order valence-corrected chi connectivity index (χ3v) is 4.11. The molecule has 1 aromatic carbocycles. The van der Waals surface area contributed by atoms with Gasteiger partial charge in [0.15, 0.2) is 11.6 Å². The normalized spacial score (nSPS) is 20.4. The minimum atomic E-state index is -0.914. The Balaban J connectivity index is 1.96. The van der Waals surface area contributed by atoms with E-state index in [-0.39, 0.29) is 6.04 Å². The fraction of sp³-hybridized carbons (Fsp3) is 0.625. The largest absolute Gasteiger partial charge is 0.387 e. The van der Waals surface area contributed by atoms with E-state index in [9.17, 15) is 13.9 Å². The molecule has 2 nitrogen and oxygen atoms in total. The van der Waals surface area contributed by atoms with Crippen molar-refractivity contribution in [1.82, 2.24) is 5.32 Å². The van der Waals surface area contributed by atoms with Crippen LogP contribution in [0.4, 0.5) is 8.78 Å². The minimum absolute atomic E-state index is 0.178. The van der Waals surface area contributed by atoms with Crippen LogP contribution in [0, 0.1) is 11.6 Å². The Morgan fingerprint density at radius 1 is 1.10 bits per heavy atom. The molecule has 112 valence electrons. The van der Waals surface area contributed by atoms with Gasteiger partial charge in [-0.25, -0.2) is 8.78 Å². The van der Waals surface area contributed by atoms with Crippen LogP contribution in [-0.2, 0) is 0 Å². The molecule has 0 aliphatic heterocycles. The highest BCUT2D eigenvalue weighted by Gasteiger charge is 2.21. The zero-order valence-corrected chi connectivity index (χ0v) is 11.9. The quantitative estimate of drug-likeness (QED) is 0.826. The van der Waals surface area contributed by atoms with Crippen molar-refractivity contribution >= 4 is 0 Å². The number of hydrogen-bond donors (Lipinski definition) is 2. The van der Waals surface area contributed by atoms with Crippen molar-refractivity contribution in [2.45, 2.75) is 63.6 Å². The van der Waals surface area contributed by atoms with E-state index in [1.54, 1.807) is 0 Å². The maximum Gasteiger partial charge on any atom is 0.159 e. The SMILES string of the molecule is CC(NC1CCCCCC1)C(O)c1ccc(F)c(F)c1. The van der Waals surface area contributed by atoms with E-state index >= 15 is 0 Å². The molecule has 4 heteroatoms. The molecule has 2 rings (SSSR count). The second-order valence-electron chi connectivity index (χ2n) is 5.76. The van der Waals surface area contributed by atoms with E-state index in [0.717, 1.165) is 25.0 Å².